The van der Waals surface area contributed by atoms with E-state index in [-0.39, 0.29) is 16.1 Å². The van der Waals surface area contributed by atoms with E-state index in [0.717, 1.165) is 37.7 Å². The lowest BCUT2D eigenvalue weighted by molar-refractivity contribution is -0.173. The van der Waals surface area contributed by atoms with Gasteiger partial charge in [0.15, 0.2) is 6.10 Å². The van der Waals surface area contributed by atoms with Gasteiger partial charge >= 0.3 is 5.97 Å². The van der Waals surface area contributed by atoms with E-state index in [1.807, 2.05) is 48.5 Å². The lowest BCUT2D eigenvalue weighted by atomic mass is 9.49. The molecule has 6 rings (SSSR count). The van der Waals surface area contributed by atoms with Gasteiger partial charge < -0.3 is 4.74 Å². The summed E-state index contributed by atoms with van der Waals surface area (Å²) in [6, 6.07) is 18.5. The number of carbonyl (C=O) groups is 2. The topological polar surface area (TPSA) is 43.4 Å². The predicted octanol–water partition coefficient (Wildman–Crippen LogP) is 5.89. The quantitative estimate of drug-likeness (QED) is 0.322. The SMILES string of the molecule is O=C(c1ccccc1)[C@@H](OC(=O)C12C[C@@H]3C[C@H](CC(Br)(C3)C1)C2)c1ccccc1. The van der Waals surface area contributed by atoms with Gasteiger partial charge in [-0.05, 0) is 50.4 Å². The number of halogens is 1. The maximum absolute atomic E-state index is 13.6. The van der Waals surface area contributed by atoms with E-state index in [9.17, 15) is 9.59 Å². The monoisotopic (exact) mass is 452 g/mol. The number of hydrogen-bond acceptors (Lipinski definition) is 3. The molecule has 0 N–H and O–H groups in total. The Morgan fingerprint density at radius 3 is 2.07 bits per heavy atom. The van der Waals surface area contributed by atoms with Crippen molar-refractivity contribution in [1.82, 2.24) is 0 Å². The van der Waals surface area contributed by atoms with E-state index < -0.39 is 11.5 Å². The van der Waals surface area contributed by atoms with Gasteiger partial charge in [-0.2, -0.15) is 0 Å². The highest BCUT2D eigenvalue weighted by atomic mass is 79.9. The van der Waals surface area contributed by atoms with Crippen LogP contribution in [-0.2, 0) is 9.53 Å². The first kappa shape index (κ1) is 19.0. The summed E-state index contributed by atoms with van der Waals surface area (Å²) in [6.07, 6.45) is 5.27. The predicted molar refractivity (Wildman–Crippen MR) is 115 cm³/mol. The third-order valence-electron chi connectivity index (χ3n) is 7.05. The van der Waals surface area contributed by atoms with Crippen molar-refractivity contribution in [2.75, 3.05) is 0 Å². The van der Waals surface area contributed by atoms with Crippen LogP contribution in [0, 0.1) is 17.3 Å². The molecule has 2 aromatic rings. The Balaban J connectivity index is 1.45. The summed E-state index contributed by atoms with van der Waals surface area (Å²) in [5.74, 6) is 0.823. The average molecular weight is 453 g/mol. The molecule has 0 aliphatic heterocycles. The summed E-state index contributed by atoms with van der Waals surface area (Å²) < 4.78 is 6.14. The largest absolute Gasteiger partial charge is 0.449 e. The maximum atomic E-state index is 13.6. The Morgan fingerprint density at radius 1 is 0.897 bits per heavy atom. The molecule has 4 aliphatic rings. The van der Waals surface area contributed by atoms with Crippen LogP contribution in [0.15, 0.2) is 60.7 Å². The van der Waals surface area contributed by atoms with E-state index in [1.54, 1.807) is 12.1 Å². The van der Waals surface area contributed by atoms with Crippen molar-refractivity contribution in [3.05, 3.63) is 71.8 Å². The van der Waals surface area contributed by atoms with Crippen LogP contribution >= 0.6 is 15.9 Å². The number of rotatable bonds is 5. The minimum absolute atomic E-state index is 0.0712. The van der Waals surface area contributed by atoms with Crippen LogP contribution in [0.3, 0.4) is 0 Å². The molecule has 0 saturated heterocycles. The van der Waals surface area contributed by atoms with Crippen LogP contribution in [0.4, 0.5) is 0 Å². The van der Waals surface area contributed by atoms with Crippen LogP contribution < -0.4 is 0 Å². The highest BCUT2D eigenvalue weighted by Crippen LogP contribution is 2.64. The molecule has 0 unspecified atom stereocenters. The van der Waals surface area contributed by atoms with Crippen molar-refractivity contribution < 1.29 is 14.3 Å². The highest BCUT2D eigenvalue weighted by molar-refractivity contribution is 9.10. The Bertz CT molecular complexity index is 910. The molecular weight excluding hydrogens is 428 g/mol. The standard InChI is InChI=1S/C25H25BrO3/c26-25-14-17-11-18(15-25)13-24(12-17,16-25)23(28)29-22(20-9-5-2-6-10-20)21(27)19-7-3-1-4-8-19/h1-10,17-18,22H,11-16H2/t17-,18-,22-,24?,25?/m0/s1. The van der Waals surface area contributed by atoms with E-state index in [0.29, 0.717) is 17.4 Å². The van der Waals surface area contributed by atoms with Gasteiger partial charge in [0.1, 0.15) is 0 Å². The molecule has 0 amide bonds. The van der Waals surface area contributed by atoms with Gasteiger partial charge in [0.2, 0.25) is 5.78 Å². The Kier molecular flexibility index (Phi) is 4.65. The summed E-state index contributed by atoms with van der Waals surface area (Å²) in [5, 5.41) is 0. The number of carbonyl (C=O) groups excluding carboxylic acids is 2. The third kappa shape index (κ3) is 3.46. The zero-order valence-corrected chi connectivity index (χ0v) is 17.9. The molecule has 0 radical (unpaired) electrons. The molecule has 150 valence electrons. The van der Waals surface area contributed by atoms with Crippen LogP contribution in [-0.4, -0.2) is 16.1 Å². The number of Topliss-reactive ketones (excluding diaryl/α,β-unsaturated/α-hetero) is 1. The summed E-state index contributed by atoms with van der Waals surface area (Å²) >= 11 is 3.96. The zero-order valence-electron chi connectivity index (χ0n) is 16.4. The van der Waals surface area contributed by atoms with Gasteiger partial charge in [-0.15, -0.1) is 0 Å². The van der Waals surface area contributed by atoms with E-state index in [4.69, 9.17) is 4.74 Å². The van der Waals surface area contributed by atoms with Crippen molar-refractivity contribution in [1.29, 1.82) is 0 Å². The first-order valence-corrected chi connectivity index (χ1v) is 11.3. The second kappa shape index (κ2) is 7.09. The maximum Gasteiger partial charge on any atom is 0.313 e. The highest BCUT2D eigenvalue weighted by Gasteiger charge is 2.60. The van der Waals surface area contributed by atoms with Crippen molar-refractivity contribution >= 4 is 27.7 Å². The second-order valence-corrected chi connectivity index (χ2v) is 11.0. The lowest BCUT2D eigenvalue weighted by Gasteiger charge is -2.59. The van der Waals surface area contributed by atoms with Gasteiger partial charge in [0.05, 0.1) is 5.41 Å². The fourth-order valence-electron chi connectivity index (χ4n) is 6.28. The lowest BCUT2D eigenvalue weighted by Crippen LogP contribution is -2.56. The zero-order chi connectivity index (χ0) is 20.1. The number of ketones is 1. The molecule has 3 nitrogen and oxygen atoms in total. The molecule has 29 heavy (non-hydrogen) atoms. The number of ether oxygens (including phenoxy) is 1. The minimum Gasteiger partial charge on any atom is -0.449 e. The smallest absolute Gasteiger partial charge is 0.313 e. The van der Waals surface area contributed by atoms with Crippen molar-refractivity contribution in [2.45, 2.75) is 49.0 Å². The van der Waals surface area contributed by atoms with Gasteiger partial charge in [-0.3, -0.25) is 9.59 Å². The van der Waals surface area contributed by atoms with Crippen LogP contribution in [0.25, 0.3) is 0 Å². The normalized spacial score (nSPS) is 33.3. The van der Waals surface area contributed by atoms with E-state index >= 15 is 0 Å². The molecule has 3 atom stereocenters. The van der Waals surface area contributed by atoms with Gasteiger partial charge in [-0.25, -0.2) is 0 Å². The number of esters is 1. The van der Waals surface area contributed by atoms with Crippen molar-refractivity contribution in [3.63, 3.8) is 0 Å². The molecule has 4 fully saturated rings. The third-order valence-corrected chi connectivity index (χ3v) is 7.97. The minimum atomic E-state index is -0.898. The van der Waals surface area contributed by atoms with E-state index in [1.165, 1.54) is 6.42 Å². The molecular formula is C25H25BrO3. The van der Waals surface area contributed by atoms with Crippen molar-refractivity contribution in [2.24, 2.45) is 17.3 Å². The molecule has 0 spiro atoms. The molecule has 4 aliphatic carbocycles. The first-order chi connectivity index (χ1) is 14.0. The van der Waals surface area contributed by atoms with E-state index in [2.05, 4.69) is 15.9 Å². The summed E-state index contributed by atoms with van der Waals surface area (Å²) in [7, 11) is 0. The van der Waals surface area contributed by atoms with Crippen LogP contribution in [0.5, 0.6) is 0 Å². The van der Waals surface area contributed by atoms with Gasteiger partial charge in [-0.1, -0.05) is 76.6 Å². The Labute approximate surface area is 180 Å². The molecule has 4 heteroatoms. The fraction of sp³-hybridized carbons (Fsp3) is 0.440. The van der Waals surface area contributed by atoms with Gasteiger partial charge in [0.25, 0.3) is 0 Å². The molecule has 2 aromatic carbocycles. The molecule has 4 bridgehead atoms. The number of benzene rings is 2. The number of hydrogen-bond donors (Lipinski definition) is 0. The number of alkyl halides is 1. The van der Waals surface area contributed by atoms with Gasteiger partial charge in [0, 0.05) is 15.5 Å². The second-order valence-electron chi connectivity index (χ2n) is 9.32. The Morgan fingerprint density at radius 2 is 1.48 bits per heavy atom. The Hall–Kier alpha value is -1.94. The van der Waals surface area contributed by atoms with Crippen LogP contribution in [0.1, 0.15) is 60.6 Å². The molecule has 4 saturated carbocycles. The first-order valence-electron chi connectivity index (χ1n) is 10.5. The van der Waals surface area contributed by atoms with Crippen molar-refractivity contribution in [3.8, 4) is 0 Å². The summed E-state index contributed by atoms with van der Waals surface area (Å²) in [6.45, 7) is 0. The summed E-state index contributed by atoms with van der Waals surface area (Å²) in [4.78, 5) is 26.8. The fourth-order valence-corrected chi connectivity index (χ4v) is 7.73. The molecule has 0 aromatic heterocycles. The van der Waals surface area contributed by atoms with Crippen LogP contribution in [0.2, 0.25) is 0 Å². The molecule has 0 heterocycles. The average Bonchev–Trinajstić information content (AvgIpc) is 2.71. The summed E-state index contributed by atoms with van der Waals surface area (Å²) in [5.41, 5.74) is 0.849.